The number of benzene rings is 1. The molecule has 116 valence electrons. The van der Waals surface area contributed by atoms with Crippen LogP contribution in [-0.2, 0) is 6.54 Å². The number of carboxylic acids is 1. The van der Waals surface area contributed by atoms with Crippen LogP contribution in [0.2, 0.25) is 0 Å². The van der Waals surface area contributed by atoms with E-state index in [1.54, 1.807) is 12.1 Å². The number of hydrogen-bond acceptors (Lipinski definition) is 3. The van der Waals surface area contributed by atoms with E-state index in [1.807, 2.05) is 6.07 Å². The Kier molecular flexibility index (Phi) is 5.79. The second kappa shape index (κ2) is 7.38. The van der Waals surface area contributed by atoms with Crippen LogP contribution in [0.15, 0.2) is 22.7 Å². The Balaban J connectivity index is 1.90. The van der Waals surface area contributed by atoms with Crippen LogP contribution < -0.4 is 0 Å². The average Bonchev–Trinajstić information content (AvgIpc) is 2.42. The number of hydrogen-bond donors (Lipinski definition) is 1. The molecule has 0 spiro atoms. The maximum absolute atomic E-state index is 10.9. The summed E-state index contributed by atoms with van der Waals surface area (Å²) in [7, 11) is 0. The summed E-state index contributed by atoms with van der Waals surface area (Å²) in [6.45, 7) is 10.9. The van der Waals surface area contributed by atoms with E-state index in [2.05, 4.69) is 39.6 Å². The van der Waals surface area contributed by atoms with E-state index < -0.39 is 5.97 Å². The van der Waals surface area contributed by atoms with Crippen molar-refractivity contribution in [2.45, 2.75) is 20.4 Å². The molecule has 2 rings (SSSR count). The lowest BCUT2D eigenvalue weighted by molar-refractivity contribution is 0.0696. The number of aromatic carboxylic acids is 1. The maximum Gasteiger partial charge on any atom is 0.335 e. The van der Waals surface area contributed by atoms with E-state index in [-0.39, 0.29) is 0 Å². The predicted octanol–water partition coefficient (Wildman–Crippen LogP) is 2.92. The largest absolute Gasteiger partial charge is 0.478 e. The van der Waals surface area contributed by atoms with Crippen LogP contribution in [0.4, 0.5) is 0 Å². The van der Waals surface area contributed by atoms with Crippen LogP contribution in [-0.4, -0.2) is 53.6 Å². The maximum atomic E-state index is 10.9. The van der Waals surface area contributed by atoms with E-state index in [0.29, 0.717) is 11.5 Å². The van der Waals surface area contributed by atoms with Gasteiger partial charge < -0.3 is 10.0 Å². The van der Waals surface area contributed by atoms with Gasteiger partial charge in [-0.1, -0.05) is 35.8 Å². The Morgan fingerprint density at radius 3 is 2.38 bits per heavy atom. The van der Waals surface area contributed by atoms with Gasteiger partial charge in [-0.15, -0.1) is 0 Å². The van der Waals surface area contributed by atoms with Crippen molar-refractivity contribution in [2.75, 3.05) is 32.7 Å². The standard InChI is InChI=1S/C16H23BrN2O2/c1-12(2)10-18-5-7-19(8-6-18)11-14-4-3-13(16(20)21)9-15(14)17/h3-4,9,12H,5-8,10-11H2,1-2H3,(H,20,21). The molecule has 0 saturated carbocycles. The predicted molar refractivity (Wildman–Crippen MR) is 87.7 cm³/mol. The number of rotatable bonds is 5. The smallest absolute Gasteiger partial charge is 0.335 e. The Labute approximate surface area is 134 Å². The molecule has 1 aromatic rings. The van der Waals surface area contributed by atoms with E-state index in [9.17, 15) is 4.79 Å². The third-order valence-electron chi connectivity index (χ3n) is 3.78. The molecule has 0 amide bonds. The van der Waals surface area contributed by atoms with E-state index in [1.165, 1.54) is 6.54 Å². The SMILES string of the molecule is CC(C)CN1CCN(Cc2ccc(C(=O)O)cc2Br)CC1. The fraction of sp³-hybridized carbons (Fsp3) is 0.562. The molecule has 1 N–H and O–H groups in total. The molecule has 0 aromatic heterocycles. The summed E-state index contributed by atoms with van der Waals surface area (Å²) >= 11 is 3.49. The number of nitrogens with zero attached hydrogens (tertiary/aromatic N) is 2. The lowest BCUT2D eigenvalue weighted by Gasteiger charge is -2.35. The molecule has 21 heavy (non-hydrogen) atoms. The molecule has 0 unspecified atom stereocenters. The van der Waals surface area contributed by atoms with Crippen LogP contribution in [0.25, 0.3) is 0 Å². The van der Waals surface area contributed by atoms with Crippen LogP contribution in [0.5, 0.6) is 0 Å². The van der Waals surface area contributed by atoms with E-state index in [4.69, 9.17) is 5.11 Å². The van der Waals surface area contributed by atoms with E-state index >= 15 is 0 Å². The summed E-state index contributed by atoms with van der Waals surface area (Å²) in [5, 5.41) is 8.99. The molecular weight excluding hydrogens is 332 g/mol. The van der Waals surface area contributed by atoms with Gasteiger partial charge in [-0.05, 0) is 23.6 Å². The lowest BCUT2D eigenvalue weighted by Crippen LogP contribution is -2.46. The van der Waals surface area contributed by atoms with Crippen molar-refractivity contribution in [2.24, 2.45) is 5.92 Å². The van der Waals surface area contributed by atoms with Crippen molar-refractivity contribution in [1.29, 1.82) is 0 Å². The summed E-state index contributed by atoms with van der Waals surface area (Å²) in [5.41, 5.74) is 1.48. The van der Waals surface area contributed by atoms with Gasteiger partial charge in [0.1, 0.15) is 0 Å². The quantitative estimate of drug-likeness (QED) is 0.882. The Hall–Kier alpha value is -0.910. The molecule has 1 saturated heterocycles. The molecule has 0 bridgehead atoms. The minimum Gasteiger partial charge on any atom is -0.478 e. The van der Waals surface area contributed by atoms with Gasteiger partial charge in [0, 0.05) is 43.7 Å². The van der Waals surface area contributed by atoms with Crippen molar-refractivity contribution in [3.8, 4) is 0 Å². The molecular formula is C16H23BrN2O2. The molecule has 1 aliphatic heterocycles. The van der Waals surface area contributed by atoms with Gasteiger partial charge in [0.2, 0.25) is 0 Å². The average molecular weight is 355 g/mol. The van der Waals surface area contributed by atoms with Crippen LogP contribution in [0, 0.1) is 5.92 Å². The monoisotopic (exact) mass is 354 g/mol. The highest BCUT2D eigenvalue weighted by Crippen LogP contribution is 2.21. The molecule has 1 aromatic carbocycles. The van der Waals surface area contributed by atoms with Crippen molar-refractivity contribution >= 4 is 21.9 Å². The first-order chi connectivity index (χ1) is 9.95. The van der Waals surface area contributed by atoms with Crippen molar-refractivity contribution in [3.05, 3.63) is 33.8 Å². The summed E-state index contributed by atoms with van der Waals surface area (Å²) < 4.78 is 0.881. The molecule has 1 fully saturated rings. The van der Waals surface area contributed by atoms with Gasteiger partial charge in [0.05, 0.1) is 5.56 Å². The first-order valence-electron chi connectivity index (χ1n) is 7.42. The first kappa shape index (κ1) is 16.5. The number of carboxylic acid groups (broad SMARTS) is 1. The minimum atomic E-state index is -0.885. The third-order valence-corrected chi connectivity index (χ3v) is 4.52. The van der Waals surface area contributed by atoms with Crippen molar-refractivity contribution in [3.63, 3.8) is 0 Å². The fourth-order valence-corrected chi connectivity index (χ4v) is 3.20. The topological polar surface area (TPSA) is 43.8 Å². The second-order valence-corrected chi connectivity index (χ2v) is 6.94. The molecule has 4 nitrogen and oxygen atoms in total. The molecule has 0 aliphatic carbocycles. The van der Waals surface area contributed by atoms with E-state index in [0.717, 1.165) is 42.8 Å². The number of halogens is 1. The van der Waals surface area contributed by atoms with Crippen molar-refractivity contribution < 1.29 is 9.90 Å². The fourth-order valence-electron chi connectivity index (χ4n) is 2.70. The Morgan fingerprint density at radius 1 is 1.24 bits per heavy atom. The highest BCUT2D eigenvalue weighted by Gasteiger charge is 2.18. The summed E-state index contributed by atoms with van der Waals surface area (Å²) in [6, 6.07) is 5.28. The molecule has 1 aliphatic rings. The highest BCUT2D eigenvalue weighted by atomic mass is 79.9. The summed E-state index contributed by atoms with van der Waals surface area (Å²) in [5.74, 6) is -0.168. The van der Waals surface area contributed by atoms with Crippen LogP contribution in [0.1, 0.15) is 29.8 Å². The second-order valence-electron chi connectivity index (χ2n) is 6.08. The molecule has 0 atom stereocenters. The normalized spacial score (nSPS) is 17.3. The van der Waals surface area contributed by atoms with Gasteiger partial charge in [0.25, 0.3) is 0 Å². The minimum absolute atomic E-state index is 0.326. The van der Waals surface area contributed by atoms with Gasteiger partial charge >= 0.3 is 5.97 Å². The number of carbonyl (C=O) groups is 1. The van der Waals surface area contributed by atoms with Crippen LogP contribution in [0.3, 0.4) is 0 Å². The van der Waals surface area contributed by atoms with Gasteiger partial charge in [-0.3, -0.25) is 4.90 Å². The summed E-state index contributed by atoms with van der Waals surface area (Å²) in [6.07, 6.45) is 0. The highest BCUT2D eigenvalue weighted by molar-refractivity contribution is 9.10. The van der Waals surface area contributed by atoms with Crippen molar-refractivity contribution in [1.82, 2.24) is 9.80 Å². The Bertz CT molecular complexity index is 497. The molecule has 1 heterocycles. The van der Waals surface area contributed by atoms with Gasteiger partial charge in [0.15, 0.2) is 0 Å². The lowest BCUT2D eigenvalue weighted by atomic mass is 10.1. The zero-order valence-corrected chi connectivity index (χ0v) is 14.3. The number of piperazine rings is 1. The molecule has 0 radical (unpaired) electrons. The third kappa shape index (κ3) is 4.80. The summed E-state index contributed by atoms with van der Waals surface area (Å²) in [4.78, 5) is 15.9. The Morgan fingerprint density at radius 2 is 1.86 bits per heavy atom. The van der Waals surface area contributed by atoms with Gasteiger partial charge in [-0.25, -0.2) is 4.79 Å². The zero-order chi connectivity index (χ0) is 15.4. The first-order valence-corrected chi connectivity index (χ1v) is 8.21. The molecule has 5 heteroatoms. The van der Waals surface area contributed by atoms with Gasteiger partial charge in [-0.2, -0.15) is 0 Å². The zero-order valence-electron chi connectivity index (χ0n) is 12.7. The van der Waals surface area contributed by atoms with Crippen LogP contribution >= 0.6 is 15.9 Å².